The molecule has 1 unspecified atom stereocenters. The molecule has 35 heavy (non-hydrogen) atoms. The van der Waals surface area contributed by atoms with Gasteiger partial charge in [-0.3, -0.25) is 0 Å². The summed E-state index contributed by atoms with van der Waals surface area (Å²) in [4.78, 5) is 7.37. The third kappa shape index (κ3) is 6.00. The molecule has 1 aromatic heterocycles. The lowest BCUT2D eigenvalue weighted by Gasteiger charge is -2.38. The number of nitrogens with one attached hydrogen (secondary N) is 1. The molecule has 3 nitrogen and oxygen atoms in total. The molecule has 0 aliphatic rings. The Kier molecular flexibility index (Phi) is 8.05. The van der Waals surface area contributed by atoms with Gasteiger partial charge in [-0.05, 0) is 55.6 Å². The zero-order chi connectivity index (χ0) is 24.9. The van der Waals surface area contributed by atoms with Crippen LogP contribution in [0.1, 0.15) is 48.9 Å². The molecule has 0 aliphatic carbocycles. The van der Waals surface area contributed by atoms with E-state index in [2.05, 4.69) is 130 Å². The molecule has 0 aliphatic heterocycles. The molecular weight excluding hydrogens is 446 g/mol. The monoisotopic (exact) mass is 484 g/mol. The molecule has 183 valence electrons. The van der Waals surface area contributed by atoms with Crippen molar-refractivity contribution in [2.45, 2.75) is 38.1 Å². The van der Waals surface area contributed by atoms with Crippen molar-refractivity contribution in [3.63, 3.8) is 0 Å². The van der Waals surface area contributed by atoms with Crippen LogP contribution >= 0.6 is 11.3 Å². The van der Waals surface area contributed by atoms with Crippen LogP contribution in [0.5, 0.6) is 0 Å². The first-order valence-corrected chi connectivity index (χ1v) is 13.3. The zero-order valence-electron chi connectivity index (χ0n) is 21.5. The largest absolute Gasteiger partial charge is 0.309 e. The molecule has 4 rings (SSSR count). The number of hydrogen-bond donors (Lipinski definition) is 1. The third-order valence-electron chi connectivity index (χ3n) is 6.81. The molecule has 0 bridgehead atoms. The van der Waals surface area contributed by atoms with Gasteiger partial charge in [0, 0.05) is 18.5 Å². The van der Waals surface area contributed by atoms with Crippen molar-refractivity contribution in [1.82, 2.24) is 15.2 Å². The van der Waals surface area contributed by atoms with E-state index in [9.17, 15) is 0 Å². The maximum Gasteiger partial charge on any atom is 0.111 e. The Labute approximate surface area is 215 Å². The predicted octanol–water partition coefficient (Wildman–Crippen LogP) is 7.12. The van der Waals surface area contributed by atoms with Crippen molar-refractivity contribution in [3.8, 4) is 0 Å². The molecule has 0 fully saturated rings. The summed E-state index contributed by atoms with van der Waals surface area (Å²) in [6, 6.07) is 30.3. The van der Waals surface area contributed by atoms with E-state index in [1.54, 1.807) is 11.3 Å². The molecule has 0 saturated carbocycles. The summed E-state index contributed by atoms with van der Waals surface area (Å²) in [7, 11) is 4.29. The number of fused-ring (bicyclic) bond motifs is 1. The Morgan fingerprint density at radius 2 is 1.46 bits per heavy atom. The maximum absolute atomic E-state index is 5.11. The molecule has 1 atom stereocenters. The first-order chi connectivity index (χ1) is 16.8. The van der Waals surface area contributed by atoms with Gasteiger partial charge in [0.2, 0.25) is 0 Å². The highest BCUT2D eigenvalue weighted by atomic mass is 32.1. The van der Waals surface area contributed by atoms with Gasteiger partial charge < -0.3 is 10.2 Å². The summed E-state index contributed by atoms with van der Waals surface area (Å²) in [5, 5.41) is 5.11. The van der Waals surface area contributed by atoms with Crippen molar-refractivity contribution >= 4 is 21.6 Å². The molecule has 4 heteroatoms. The van der Waals surface area contributed by atoms with E-state index in [4.69, 9.17) is 4.98 Å². The number of hydrogen-bond acceptors (Lipinski definition) is 4. The number of rotatable bonds is 11. The highest BCUT2D eigenvalue weighted by molar-refractivity contribution is 7.18. The fourth-order valence-electron chi connectivity index (χ4n) is 5.25. The molecule has 1 radical (unpaired) electrons. The van der Waals surface area contributed by atoms with Crippen LogP contribution in [0.3, 0.4) is 0 Å². The minimum atomic E-state index is -0.219. The van der Waals surface area contributed by atoms with E-state index in [-0.39, 0.29) is 16.9 Å². The standard InChI is InChI=1S/C31H38N3S/c1-6-31(24-15-9-7-10-16-24,25-17-11-8-12-18-25)21-27(32-22-30(2,3)23-34(4)5)29-33-26-19-13-14-20-28(26)35-29/h7-20,27,32H,1,6,21-23H2,2-5H3. The summed E-state index contributed by atoms with van der Waals surface area (Å²) < 4.78 is 1.24. The van der Waals surface area contributed by atoms with Gasteiger partial charge in [0.25, 0.3) is 0 Å². The normalized spacial score (nSPS) is 13.4. The Morgan fingerprint density at radius 1 is 0.886 bits per heavy atom. The second-order valence-electron chi connectivity index (χ2n) is 10.6. The van der Waals surface area contributed by atoms with Crippen LogP contribution in [0.15, 0.2) is 84.9 Å². The van der Waals surface area contributed by atoms with E-state index >= 15 is 0 Å². The van der Waals surface area contributed by atoms with Gasteiger partial charge >= 0.3 is 0 Å². The number of aromatic nitrogens is 1. The minimum Gasteiger partial charge on any atom is -0.309 e. The van der Waals surface area contributed by atoms with E-state index in [1.165, 1.54) is 15.8 Å². The molecule has 1 N–H and O–H groups in total. The molecule has 3 aromatic carbocycles. The molecule has 0 saturated heterocycles. The van der Waals surface area contributed by atoms with Gasteiger partial charge in [-0.2, -0.15) is 0 Å². The lowest BCUT2D eigenvalue weighted by atomic mass is 9.68. The Morgan fingerprint density at radius 3 is 2.00 bits per heavy atom. The fourth-order valence-corrected chi connectivity index (χ4v) is 6.30. The van der Waals surface area contributed by atoms with E-state index < -0.39 is 0 Å². The van der Waals surface area contributed by atoms with Crippen molar-refractivity contribution in [2.75, 3.05) is 27.2 Å². The summed E-state index contributed by atoms with van der Waals surface area (Å²) in [6.07, 6.45) is 1.66. The minimum absolute atomic E-state index is 0.107. The lowest BCUT2D eigenvalue weighted by molar-refractivity contribution is 0.219. The second kappa shape index (κ2) is 11.0. The summed E-state index contributed by atoms with van der Waals surface area (Å²) >= 11 is 1.81. The molecule has 4 aromatic rings. The van der Waals surface area contributed by atoms with Crippen LogP contribution in [-0.4, -0.2) is 37.1 Å². The van der Waals surface area contributed by atoms with Crippen LogP contribution in [0.25, 0.3) is 10.2 Å². The average Bonchev–Trinajstić information content (AvgIpc) is 3.29. The Hall–Kier alpha value is -2.53. The van der Waals surface area contributed by atoms with Crippen LogP contribution in [0.4, 0.5) is 0 Å². The third-order valence-corrected chi connectivity index (χ3v) is 7.96. The number of benzene rings is 3. The summed E-state index contributed by atoms with van der Waals surface area (Å²) in [6.45, 7) is 11.1. The van der Waals surface area contributed by atoms with Gasteiger partial charge in [-0.15, -0.1) is 11.3 Å². The van der Waals surface area contributed by atoms with E-state index in [1.807, 2.05) is 0 Å². The van der Waals surface area contributed by atoms with Crippen molar-refractivity contribution in [2.24, 2.45) is 5.41 Å². The topological polar surface area (TPSA) is 28.2 Å². The number of thiazole rings is 1. The van der Waals surface area contributed by atoms with E-state index in [0.29, 0.717) is 0 Å². The van der Waals surface area contributed by atoms with Gasteiger partial charge in [-0.1, -0.05) is 93.6 Å². The van der Waals surface area contributed by atoms with E-state index in [0.717, 1.165) is 36.5 Å². The Balaban J connectivity index is 1.77. The van der Waals surface area contributed by atoms with Gasteiger partial charge in [0.05, 0.1) is 16.3 Å². The summed E-state index contributed by atoms with van der Waals surface area (Å²) in [5.74, 6) is 0. The van der Waals surface area contributed by atoms with Gasteiger partial charge in [0.15, 0.2) is 0 Å². The highest BCUT2D eigenvalue weighted by Gasteiger charge is 2.37. The Bertz CT molecular complexity index is 1130. The molecule has 0 amide bonds. The maximum atomic E-state index is 5.11. The first kappa shape index (κ1) is 25.6. The van der Waals surface area contributed by atoms with Crippen LogP contribution in [-0.2, 0) is 5.41 Å². The smallest absolute Gasteiger partial charge is 0.111 e. The van der Waals surface area contributed by atoms with Gasteiger partial charge in [0.1, 0.15) is 5.01 Å². The van der Waals surface area contributed by atoms with Gasteiger partial charge in [-0.25, -0.2) is 4.98 Å². The number of para-hydroxylation sites is 1. The molecular formula is C31H38N3S. The second-order valence-corrected chi connectivity index (χ2v) is 11.7. The number of nitrogens with zero attached hydrogens (tertiary/aromatic N) is 2. The molecule has 0 spiro atoms. The predicted molar refractivity (Wildman–Crippen MR) is 151 cm³/mol. The highest BCUT2D eigenvalue weighted by Crippen LogP contribution is 2.44. The first-order valence-electron chi connectivity index (χ1n) is 12.5. The quantitative estimate of drug-likeness (QED) is 0.246. The van der Waals surface area contributed by atoms with Crippen molar-refractivity contribution in [1.29, 1.82) is 0 Å². The zero-order valence-corrected chi connectivity index (χ0v) is 22.3. The van der Waals surface area contributed by atoms with Crippen LogP contribution in [0, 0.1) is 12.3 Å². The SMILES string of the molecule is [CH2]CC(CC(NCC(C)(C)CN(C)C)c1nc2ccccc2s1)(c1ccccc1)c1ccccc1. The summed E-state index contributed by atoms with van der Waals surface area (Å²) in [5.41, 5.74) is 3.60. The van der Waals surface area contributed by atoms with Crippen LogP contribution in [0.2, 0.25) is 0 Å². The van der Waals surface area contributed by atoms with Crippen molar-refractivity contribution < 1.29 is 0 Å². The lowest BCUT2D eigenvalue weighted by Crippen LogP contribution is -2.41. The molecule has 1 heterocycles. The fraction of sp³-hybridized carbons (Fsp3) is 0.355. The average molecular weight is 485 g/mol. The van der Waals surface area contributed by atoms with Crippen LogP contribution < -0.4 is 5.32 Å². The van der Waals surface area contributed by atoms with Crippen molar-refractivity contribution in [3.05, 3.63) is 108 Å².